The van der Waals surface area contributed by atoms with E-state index >= 15 is 0 Å². The first kappa shape index (κ1) is 12.7. The zero-order chi connectivity index (χ0) is 14.2. The Bertz CT molecular complexity index is 640. The van der Waals surface area contributed by atoms with E-state index in [1.165, 1.54) is 5.56 Å². The lowest BCUT2D eigenvalue weighted by molar-refractivity contribution is 0.0466. The van der Waals surface area contributed by atoms with Crippen LogP contribution >= 0.6 is 0 Å². The molecule has 2 unspecified atom stereocenters. The van der Waals surface area contributed by atoms with Gasteiger partial charge in [0.15, 0.2) is 0 Å². The molecule has 0 fully saturated rings. The first-order valence-electron chi connectivity index (χ1n) is 7.50. The number of hydrogen-bond acceptors (Lipinski definition) is 3. The van der Waals surface area contributed by atoms with Crippen molar-refractivity contribution in [3.63, 3.8) is 0 Å². The highest BCUT2D eigenvalue weighted by molar-refractivity contribution is 5.45. The van der Waals surface area contributed by atoms with Gasteiger partial charge in [-0.25, -0.2) is 0 Å². The van der Waals surface area contributed by atoms with Crippen molar-refractivity contribution in [2.24, 2.45) is 0 Å². The number of para-hydroxylation sites is 2. The number of aliphatic hydroxyl groups is 1. The van der Waals surface area contributed by atoms with Crippen LogP contribution in [0.25, 0.3) is 0 Å². The minimum absolute atomic E-state index is 0.237. The average Bonchev–Trinajstić information content (AvgIpc) is 2.97. The summed E-state index contributed by atoms with van der Waals surface area (Å²) >= 11 is 0. The van der Waals surface area contributed by atoms with Gasteiger partial charge in [-0.15, -0.1) is 0 Å². The number of hydrogen-bond donors (Lipinski definition) is 1. The molecule has 3 heteroatoms. The highest BCUT2D eigenvalue weighted by Gasteiger charge is 2.32. The Labute approximate surface area is 124 Å². The molecule has 2 aliphatic rings. The first-order valence-corrected chi connectivity index (χ1v) is 7.50. The van der Waals surface area contributed by atoms with Crippen LogP contribution in [0, 0.1) is 0 Å². The van der Waals surface area contributed by atoms with E-state index < -0.39 is 6.10 Å². The molecule has 0 radical (unpaired) electrons. The van der Waals surface area contributed by atoms with Crippen LogP contribution in [-0.2, 0) is 12.8 Å². The second-order valence-electron chi connectivity index (χ2n) is 5.70. The van der Waals surface area contributed by atoms with Gasteiger partial charge in [-0.05, 0) is 30.0 Å². The summed E-state index contributed by atoms with van der Waals surface area (Å²) in [7, 11) is 0. The molecule has 2 aromatic carbocycles. The molecule has 2 aliphatic heterocycles. The summed E-state index contributed by atoms with van der Waals surface area (Å²) in [6.45, 7) is 0.725. The Hall–Kier alpha value is -2.00. The third kappa shape index (κ3) is 2.18. The van der Waals surface area contributed by atoms with Crippen molar-refractivity contribution < 1.29 is 14.6 Å². The molecular weight excluding hydrogens is 264 g/mol. The van der Waals surface area contributed by atoms with Crippen molar-refractivity contribution in [3.05, 3.63) is 59.2 Å². The van der Waals surface area contributed by atoms with Gasteiger partial charge in [0, 0.05) is 12.0 Å². The molecule has 1 N–H and O–H groups in total. The number of aliphatic hydroxyl groups excluding tert-OH is 1. The van der Waals surface area contributed by atoms with Crippen LogP contribution < -0.4 is 9.47 Å². The van der Waals surface area contributed by atoms with E-state index in [-0.39, 0.29) is 6.10 Å². The van der Waals surface area contributed by atoms with E-state index in [4.69, 9.17) is 9.47 Å². The summed E-state index contributed by atoms with van der Waals surface area (Å²) in [4.78, 5) is 0. The Morgan fingerprint density at radius 3 is 2.81 bits per heavy atom. The zero-order valence-electron chi connectivity index (χ0n) is 11.8. The smallest absolute Gasteiger partial charge is 0.133 e. The van der Waals surface area contributed by atoms with Gasteiger partial charge in [0.25, 0.3) is 0 Å². The van der Waals surface area contributed by atoms with Gasteiger partial charge in [-0.1, -0.05) is 36.4 Å². The lowest BCUT2D eigenvalue weighted by Crippen LogP contribution is -2.24. The summed E-state index contributed by atoms with van der Waals surface area (Å²) in [5, 5.41) is 10.7. The molecule has 2 aromatic rings. The van der Waals surface area contributed by atoms with E-state index in [0.717, 1.165) is 48.5 Å². The van der Waals surface area contributed by atoms with E-state index in [2.05, 4.69) is 12.1 Å². The lowest BCUT2D eigenvalue weighted by Gasteiger charge is -2.25. The van der Waals surface area contributed by atoms with Crippen LogP contribution in [0.15, 0.2) is 42.5 Å². The van der Waals surface area contributed by atoms with Gasteiger partial charge in [0.2, 0.25) is 0 Å². The van der Waals surface area contributed by atoms with Crippen LogP contribution in [0.3, 0.4) is 0 Å². The van der Waals surface area contributed by atoms with Gasteiger partial charge < -0.3 is 14.6 Å². The predicted octanol–water partition coefficient (Wildman–Crippen LogP) is 3.05. The van der Waals surface area contributed by atoms with Crippen molar-refractivity contribution >= 4 is 0 Å². The Balaban J connectivity index is 1.63. The number of ether oxygens (including phenoxy) is 2. The summed E-state index contributed by atoms with van der Waals surface area (Å²) in [5.41, 5.74) is 3.20. The SMILES string of the molecule is OC(c1cccc2c1OCCC2)C1Cc2ccccc2O1. The molecule has 0 saturated carbocycles. The second-order valence-corrected chi connectivity index (χ2v) is 5.70. The Kier molecular flexibility index (Phi) is 3.08. The van der Waals surface area contributed by atoms with E-state index in [1.54, 1.807) is 0 Å². The predicted molar refractivity (Wildman–Crippen MR) is 79.8 cm³/mol. The molecule has 3 nitrogen and oxygen atoms in total. The standard InChI is InChI=1S/C18H18O3/c19-17(16-11-13-5-1-2-9-15(13)21-16)14-8-3-6-12-7-4-10-20-18(12)14/h1-3,5-6,8-9,16-17,19H,4,7,10-11H2. The summed E-state index contributed by atoms with van der Waals surface area (Å²) in [5.74, 6) is 1.74. The zero-order valence-corrected chi connectivity index (χ0v) is 11.8. The molecular formula is C18H18O3. The maximum absolute atomic E-state index is 10.7. The molecule has 0 saturated heterocycles. The Morgan fingerprint density at radius 1 is 1.05 bits per heavy atom. The first-order chi connectivity index (χ1) is 10.3. The average molecular weight is 282 g/mol. The lowest BCUT2D eigenvalue weighted by atomic mass is 9.95. The molecule has 0 aromatic heterocycles. The fraction of sp³-hybridized carbons (Fsp3) is 0.333. The van der Waals surface area contributed by atoms with Crippen molar-refractivity contribution in [3.8, 4) is 11.5 Å². The largest absolute Gasteiger partial charge is 0.493 e. The molecule has 0 amide bonds. The normalized spacial score (nSPS) is 20.9. The number of aryl methyl sites for hydroxylation is 1. The van der Waals surface area contributed by atoms with Gasteiger partial charge in [0.1, 0.15) is 23.7 Å². The third-order valence-corrected chi connectivity index (χ3v) is 4.31. The molecule has 0 spiro atoms. The minimum atomic E-state index is -0.662. The van der Waals surface area contributed by atoms with Crippen LogP contribution in [0.1, 0.15) is 29.2 Å². The number of rotatable bonds is 2. The fourth-order valence-corrected chi connectivity index (χ4v) is 3.23. The van der Waals surface area contributed by atoms with Crippen LogP contribution in [0.4, 0.5) is 0 Å². The van der Waals surface area contributed by atoms with Crippen molar-refractivity contribution in [1.29, 1.82) is 0 Å². The van der Waals surface area contributed by atoms with Crippen molar-refractivity contribution in [1.82, 2.24) is 0 Å². The summed E-state index contributed by atoms with van der Waals surface area (Å²) < 4.78 is 11.7. The maximum atomic E-state index is 10.7. The molecule has 0 bridgehead atoms. The van der Waals surface area contributed by atoms with E-state index in [0.29, 0.717) is 0 Å². The van der Waals surface area contributed by atoms with Gasteiger partial charge in [0.05, 0.1) is 6.61 Å². The molecule has 2 heterocycles. The van der Waals surface area contributed by atoms with Crippen molar-refractivity contribution in [2.45, 2.75) is 31.5 Å². The molecule has 0 aliphatic carbocycles. The summed E-state index contributed by atoms with van der Waals surface area (Å²) in [6, 6.07) is 14.0. The highest BCUT2D eigenvalue weighted by atomic mass is 16.5. The van der Waals surface area contributed by atoms with E-state index in [9.17, 15) is 5.11 Å². The van der Waals surface area contributed by atoms with Crippen LogP contribution in [0.5, 0.6) is 11.5 Å². The number of fused-ring (bicyclic) bond motifs is 2. The van der Waals surface area contributed by atoms with Gasteiger partial charge in [-0.3, -0.25) is 0 Å². The van der Waals surface area contributed by atoms with Crippen LogP contribution in [0.2, 0.25) is 0 Å². The van der Waals surface area contributed by atoms with Gasteiger partial charge in [-0.2, -0.15) is 0 Å². The monoisotopic (exact) mass is 282 g/mol. The Morgan fingerprint density at radius 2 is 1.90 bits per heavy atom. The van der Waals surface area contributed by atoms with Crippen LogP contribution in [-0.4, -0.2) is 17.8 Å². The maximum Gasteiger partial charge on any atom is 0.133 e. The molecule has 21 heavy (non-hydrogen) atoms. The second kappa shape index (κ2) is 5.08. The number of benzene rings is 2. The highest BCUT2D eigenvalue weighted by Crippen LogP contribution is 2.39. The topological polar surface area (TPSA) is 38.7 Å². The molecule has 2 atom stereocenters. The molecule has 108 valence electrons. The van der Waals surface area contributed by atoms with Crippen molar-refractivity contribution in [2.75, 3.05) is 6.61 Å². The van der Waals surface area contributed by atoms with Gasteiger partial charge >= 0.3 is 0 Å². The summed E-state index contributed by atoms with van der Waals surface area (Å²) in [6.07, 6.45) is 1.89. The fourth-order valence-electron chi connectivity index (χ4n) is 3.23. The molecule has 4 rings (SSSR count). The quantitative estimate of drug-likeness (QED) is 0.920. The third-order valence-electron chi connectivity index (χ3n) is 4.31. The van der Waals surface area contributed by atoms with E-state index in [1.807, 2.05) is 30.3 Å². The minimum Gasteiger partial charge on any atom is -0.493 e.